The molecule has 1 aromatic carbocycles. The Hall–Kier alpha value is -1.55. The van der Waals surface area contributed by atoms with Crippen LogP contribution in [0.3, 0.4) is 0 Å². The lowest BCUT2D eigenvalue weighted by atomic mass is 10.1. The first-order chi connectivity index (χ1) is 8.45. The third kappa shape index (κ3) is 3.74. The third-order valence-electron chi connectivity index (χ3n) is 2.69. The van der Waals surface area contributed by atoms with Crippen LogP contribution in [0.25, 0.3) is 0 Å². The van der Waals surface area contributed by atoms with E-state index in [1.807, 2.05) is 13.8 Å². The van der Waals surface area contributed by atoms with Crippen molar-refractivity contribution in [2.45, 2.75) is 25.6 Å². The zero-order valence-electron chi connectivity index (χ0n) is 10.2. The summed E-state index contributed by atoms with van der Waals surface area (Å²) < 4.78 is 5.07. The molecular formula is C13H15ClO4. The Bertz CT molecular complexity index is 427. The highest BCUT2D eigenvalue weighted by molar-refractivity contribution is 6.30. The fourth-order valence-electron chi connectivity index (χ4n) is 1.28. The summed E-state index contributed by atoms with van der Waals surface area (Å²) in [7, 11) is 0. The summed E-state index contributed by atoms with van der Waals surface area (Å²) >= 11 is 5.94. The molecule has 0 saturated heterocycles. The largest absolute Gasteiger partial charge is 0.478 e. The van der Waals surface area contributed by atoms with Crippen molar-refractivity contribution in [1.29, 1.82) is 0 Å². The Balaban J connectivity index is 2.67. The van der Waals surface area contributed by atoms with E-state index in [9.17, 15) is 9.59 Å². The van der Waals surface area contributed by atoms with Gasteiger partial charge in [0.25, 0.3) is 0 Å². The van der Waals surface area contributed by atoms with Crippen molar-refractivity contribution in [3.05, 3.63) is 29.8 Å². The molecule has 0 heterocycles. The van der Waals surface area contributed by atoms with E-state index in [1.54, 1.807) is 0 Å². The molecule has 0 spiro atoms. The summed E-state index contributed by atoms with van der Waals surface area (Å²) in [4.78, 5) is 22.3. The summed E-state index contributed by atoms with van der Waals surface area (Å²) in [5, 5.41) is 8.02. The van der Waals surface area contributed by atoms with Crippen molar-refractivity contribution < 1.29 is 19.4 Å². The van der Waals surface area contributed by atoms with Crippen LogP contribution in [0.5, 0.6) is 5.75 Å². The van der Waals surface area contributed by atoms with Crippen molar-refractivity contribution in [2.75, 3.05) is 0 Å². The average molecular weight is 271 g/mol. The first-order valence-corrected chi connectivity index (χ1v) is 6.08. The van der Waals surface area contributed by atoms with Crippen molar-refractivity contribution in [1.82, 2.24) is 0 Å². The number of carbonyl (C=O) groups is 2. The van der Waals surface area contributed by atoms with E-state index in [4.69, 9.17) is 21.4 Å². The van der Waals surface area contributed by atoms with Gasteiger partial charge in [-0.05, 0) is 30.2 Å². The van der Waals surface area contributed by atoms with Crippen molar-refractivity contribution in [2.24, 2.45) is 5.92 Å². The number of carbonyl (C=O) groups excluding carboxylic acids is 1. The molecule has 4 nitrogen and oxygen atoms in total. The second-order valence-corrected chi connectivity index (χ2v) is 4.51. The van der Waals surface area contributed by atoms with Gasteiger partial charge in [0.15, 0.2) is 0 Å². The van der Waals surface area contributed by atoms with Crippen LogP contribution in [-0.2, 0) is 4.79 Å². The van der Waals surface area contributed by atoms with Crippen LogP contribution in [0, 0.1) is 5.92 Å². The second kappa shape index (κ2) is 6.40. The number of hydrogen-bond acceptors (Lipinski definition) is 3. The molecule has 0 aliphatic heterocycles. The fourth-order valence-corrected chi connectivity index (χ4v) is 1.50. The van der Waals surface area contributed by atoms with Gasteiger partial charge in [0.1, 0.15) is 11.1 Å². The number of benzene rings is 1. The molecule has 98 valence electrons. The maximum atomic E-state index is 11.7. The molecule has 5 heteroatoms. The average Bonchev–Trinajstić information content (AvgIpc) is 2.37. The van der Waals surface area contributed by atoms with Crippen LogP contribution in [0.2, 0.25) is 0 Å². The highest BCUT2D eigenvalue weighted by atomic mass is 35.5. The molecule has 0 fully saturated rings. The summed E-state index contributed by atoms with van der Waals surface area (Å²) in [5.41, 5.74) is 0.138. The number of esters is 1. The van der Waals surface area contributed by atoms with E-state index in [-0.39, 0.29) is 11.5 Å². The Kier molecular flexibility index (Phi) is 5.16. The van der Waals surface area contributed by atoms with Crippen molar-refractivity contribution >= 4 is 23.5 Å². The van der Waals surface area contributed by atoms with E-state index in [1.165, 1.54) is 24.3 Å². The first-order valence-electron chi connectivity index (χ1n) is 5.64. The molecule has 0 aromatic heterocycles. The summed E-state index contributed by atoms with van der Waals surface area (Å²) in [6, 6.07) is 5.61. The minimum absolute atomic E-state index is 0.0254. The van der Waals surface area contributed by atoms with Gasteiger partial charge in [0.05, 0.1) is 5.56 Å². The van der Waals surface area contributed by atoms with Gasteiger partial charge in [0, 0.05) is 0 Å². The smallest absolute Gasteiger partial charge is 0.335 e. The summed E-state index contributed by atoms with van der Waals surface area (Å²) in [6.45, 7) is 3.81. The SMILES string of the molecule is CCC(C)[C@H](Cl)C(=O)Oc1ccc(C(=O)O)cc1. The van der Waals surface area contributed by atoms with E-state index >= 15 is 0 Å². The van der Waals surface area contributed by atoms with Crippen molar-refractivity contribution in [3.63, 3.8) is 0 Å². The topological polar surface area (TPSA) is 63.6 Å². The number of carboxylic acids is 1. The fraction of sp³-hybridized carbons (Fsp3) is 0.385. The number of ether oxygens (including phenoxy) is 1. The van der Waals surface area contributed by atoms with E-state index in [0.29, 0.717) is 5.75 Å². The molecule has 0 radical (unpaired) electrons. The van der Waals surface area contributed by atoms with Crippen molar-refractivity contribution in [3.8, 4) is 5.75 Å². The first kappa shape index (κ1) is 14.5. The highest BCUT2D eigenvalue weighted by Crippen LogP contribution is 2.18. The molecule has 1 aromatic rings. The number of aromatic carboxylic acids is 1. The van der Waals surface area contributed by atoms with Crippen LogP contribution in [0.4, 0.5) is 0 Å². The predicted octanol–water partition coefficient (Wildman–Crippen LogP) is 2.94. The Labute approximate surface area is 111 Å². The molecule has 2 atom stereocenters. The standard InChI is InChI=1S/C13H15ClO4/c1-3-8(2)11(14)13(17)18-10-6-4-9(5-7-10)12(15)16/h4-8,11H,3H2,1-2H3,(H,15,16)/t8?,11-/m0/s1. The van der Waals surface area contributed by atoms with Crippen LogP contribution in [0.15, 0.2) is 24.3 Å². The summed E-state index contributed by atoms with van der Waals surface area (Å²) in [6.07, 6.45) is 0.779. The van der Waals surface area contributed by atoms with Crippen LogP contribution in [-0.4, -0.2) is 22.4 Å². The number of hydrogen-bond donors (Lipinski definition) is 1. The quantitative estimate of drug-likeness (QED) is 0.508. The molecule has 18 heavy (non-hydrogen) atoms. The third-order valence-corrected chi connectivity index (χ3v) is 3.30. The predicted molar refractivity (Wildman–Crippen MR) is 68.1 cm³/mol. The van der Waals surface area contributed by atoms with E-state index in [2.05, 4.69) is 0 Å². The molecule has 0 aliphatic carbocycles. The van der Waals surface area contributed by atoms with E-state index in [0.717, 1.165) is 6.42 Å². The van der Waals surface area contributed by atoms with Gasteiger partial charge < -0.3 is 9.84 Å². The highest BCUT2D eigenvalue weighted by Gasteiger charge is 2.23. The number of rotatable bonds is 5. The lowest BCUT2D eigenvalue weighted by molar-refractivity contribution is -0.134. The molecule has 1 unspecified atom stereocenters. The monoisotopic (exact) mass is 270 g/mol. The van der Waals surface area contributed by atoms with Gasteiger partial charge in [0.2, 0.25) is 0 Å². The van der Waals surface area contributed by atoms with E-state index < -0.39 is 17.3 Å². The Morgan fingerprint density at radius 3 is 2.33 bits per heavy atom. The van der Waals surface area contributed by atoms with Gasteiger partial charge in [-0.2, -0.15) is 0 Å². The number of halogens is 1. The normalized spacial score (nSPS) is 13.7. The minimum Gasteiger partial charge on any atom is -0.478 e. The minimum atomic E-state index is -1.03. The zero-order chi connectivity index (χ0) is 13.7. The second-order valence-electron chi connectivity index (χ2n) is 4.04. The van der Waals surface area contributed by atoms with Gasteiger partial charge in [-0.3, -0.25) is 4.79 Å². The van der Waals surface area contributed by atoms with Crippen LogP contribution < -0.4 is 4.74 Å². The zero-order valence-corrected chi connectivity index (χ0v) is 11.0. The lowest BCUT2D eigenvalue weighted by Gasteiger charge is -2.14. The maximum Gasteiger partial charge on any atom is 0.335 e. The molecular weight excluding hydrogens is 256 g/mol. The van der Waals surface area contributed by atoms with Gasteiger partial charge in [-0.25, -0.2) is 4.79 Å². The maximum absolute atomic E-state index is 11.7. The van der Waals surface area contributed by atoms with Crippen LogP contribution in [0.1, 0.15) is 30.6 Å². The number of alkyl halides is 1. The Morgan fingerprint density at radius 1 is 1.33 bits per heavy atom. The molecule has 1 rings (SSSR count). The molecule has 0 bridgehead atoms. The lowest BCUT2D eigenvalue weighted by Crippen LogP contribution is -2.26. The van der Waals surface area contributed by atoms with Gasteiger partial charge >= 0.3 is 11.9 Å². The summed E-state index contributed by atoms with van der Waals surface area (Å²) in [5.74, 6) is -1.23. The molecule has 0 aliphatic rings. The molecule has 1 N–H and O–H groups in total. The Morgan fingerprint density at radius 2 is 1.89 bits per heavy atom. The number of carboxylic acid groups (broad SMARTS) is 1. The molecule has 0 amide bonds. The molecule has 0 saturated carbocycles. The van der Waals surface area contributed by atoms with Crippen LogP contribution >= 0.6 is 11.6 Å². The van der Waals surface area contributed by atoms with Gasteiger partial charge in [-0.15, -0.1) is 11.6 Å². The van der Waals surface area contributed by atoms with Gasteiger partial charge in [-0.1, -0.05) is 20.3 Å².